The Labute approximate surface area is 205 Å². The Morgan fingerprint density at radius 2 is 1.85 bits per heavy atom. The van der Waals surface area contributed by atoms with Gasteiger partial charge in [-0.3, -0.25) is 0 Å². The minimum Gasteiger partial charge on any atom is -0.482 e. The molecular formula is C27H20N2O3S2. The van der Waals surface area contributed by atoms with Crippen molar-refractivity contribution in [2.45, 2.75) is 22.9 Å². The lowest BCUT2D eigenvalue weighted by Crippen LogP contribution is -2.12. The van der Waals surface area contributed by atoms with E-state index in [1.54, 1.807) is 23.1 Å². The summed E-state index contributed by atoms with van der Waals surface area (Å²) in [7, 11) is 0. The highest BCUT2D eigenvalue weighted by Gasteiger charge is 2.24. The molecule has 168 valence electrons. The minimum absolute atomic E-state index is 0.347. The molecule has 7 heteroatoms. The summed E-state index contributed by atoms with van der Waals surface area (Å²) in [5, 5.41) is 18.0. The number of carboxylic acids is 1. The number of hydrogen-bond acceptors (Lipinski definition) is 6. The number of nitriles is 1. The number of benzene rings is 3. The molecule has 0 aliphatic heterocycles. The van der Waals surface area contributed by atoms with E-state index < -0.39 is 5.97 Å². The van der Waals surface area contributed by atoms with Gasteiger partial charge in [0.15, 0.2) is 10.9 Å². The highest BCUT2D eigenvalue weighted by molar-refractivity contribution is 8.00. The Morgan fingerprint density at radius 1 is 1.06 bits per heavy atom. The number of hydrogen-bond donors (Lipinski definition) is 1. The molecule has 3 aromatic carbocycles. The van der Waals surface area contributed by atoms with Gasteiger partial charge in [0.1, 0.15) is 5.75 Å². The number of aryl methyl sites for hydroxylation is 1. The Balaban J connectivity index is 1.37. The van der Waals surface area contributed by atoms with E-state index in [0.29, 0.717) is 11.3 Å². The lowest BCUT2D eigenvalue weighted by atomic mass is 9.93. The van der Waals surface area contributed by atoms with Gasteiger partial charge in [-0.25, -0.2) is 9.78 Å². The third kappa shape index (κ3) is 4.56. The van der Waals surface area contributed by atoms with E-state index in [9.17, 15) is 4.79 Å². The number of rotatable bonds is 7. The fourth-order valence-corrected chi connectivity index (χ4v) is 6.33. The first-order valence-corrected chi connectivity index (χ1v) is 12.6. The second-order valence-electron chi connectivity index (χ2n) is 7.85. The van der Waals surface area contributed by atoms with E-state index in [4.69, 9.17) is 20.1 Å². The summed E-state index contributed by atoms with van der Waals surface area (Å²) in [6.45, 7) is -0.347. The maximum absolute atomic E-state index is 10.9. The molecule has 0 spiro atoms. The molecule has 0 saturated carbocycles. The molecule has 1 aliphatic carbocycles. The number of thioether (sulfide) groups is 1. The van der Waals surface area contributed by atoms with Crippen LogP contribution in [0.15, 0.2) is 71.1 Å². The van der Waals surface area contributed by atoms with Crippen molar-refractivity contribution < 1.29 is 14.6 Å². The van der Waals surface area contributed by atoms with Gasteiger partial charge in [0.2, 0.25) is 0 Å². The summed E-state index contributed by atoms with van der Waals surface area (Å²) in [6.07, 6.45) is 1.68. The summed E-state index contributed by atoms with van der Waals surface area (Å²) in [4.78, 5) is 17.1. The van der Waals surface area contributed by atoms with Crippen molar-refractivity contribution in [3.63, 3.8) is 0 Å². The topological polar surface area (TPSA) is 83.2 Å². The SMILES string of the molecule is N#Cc1ccc(-c2ccccc2CSc2nc3c(s2)CCc2c(OCC(=O)O)cccc2-3)cc1. The van der Waals surface area contributed by atoms with Crippen molar-refractivity contribution in [2.24, 2.45) is 0 Å². The summed E-state index contributed by atoms with van der Waals surface area (Å²) in [5.41, 5.74) is 7.17. The van der Waals surface area contributed by atoms with Gasteiger partial charge in [-0.05, 0) is 47.7 Å². The number of ether oxygens (including phenoxy) is 1. The molecule has 34 heavy (non-hydrogen) atoms. The molecule has 4 aromatic rings. The van der Waals surface area contributed by atoms with Gasteiger partial charge in [0.05, 0.1) is 17.3 Å². The molecule has 1 aliphatic rings. The van der Waals surface area contributed by atoms with Crippen LogP contribution in [0.1, 0.15) is 21.6 Å². The number of nitrogens with zero attached hydrogens (tertiary/aromatic N) is 2. The van der Waals surface area contributed by atoms with Gasteiger partial charge < -0.3 is 9.84 Å². The van der Waals surface area contributed by atoms with Gasteiger partial charge in [-0.2, -0.15) is 5.26 Å². The van der Waals surface area contributed by atoms with Crippen LogP contribution < -0.4 is 4.74 Å². The van der Waals surface area contributed by atoms with Crippen molar-refractivity contribution in [2.75, 3.05) is 6.61 Å². The molecule has 1 aromatic heterocycles. The van der Waals surface area contributed by atoms with E-state index in [2.05, 4.69) is 18.2 Å². The lowest BCUT2D eigenvalue weighted by Gasteiger charge is -2.18. The summed E-state index contributed by atoms with van der Waals surface area (Å²) in [6, 6.07) is 23.9. The smallest absolute Gasteiger partial charge is 0.341 e. The predicted octanol–water partition coefficient (Wildman–Crippen LogP) is 6.20. The van der Waals surface area contributed by atoms with Crippen LogP contribution in [0.5, 0.6) is 5.75 Å². The number of thiazole rings is 1. The highest BCUT2D eigenvalue weighted by atomic mass is 32.2. The minimum atomic E-state index is -0.984. The highest BCUT2D eigenvalue weighted by Crippen LogP contribution is 2.43. The van der Waals surface area contributed by atoms with Crippen LogP contribution in [0.4, 0.5) is 0 Å². The number of aliphatic carboxylic acids is 1. The standard InChI is InChI=1S/C27H20N2O3S2/c28-14-17-8-10-18(11-9-17)20-5-2-1-4-19(20)16-33-27-29-26-22-6-3-7-23(32-15-25(30)31)21(22)12-13-24(26)34-27/h1-11H,12-13,15-16H2,(H,30,31). The zero-order valence-corrected chi connectivity index (χ0v) is 19.8. The van der Waals surface area contributed by atoms with Crippen LogP contribution in [0, 0.1) is 11.3 Å². The number of fused-ring (bicyclic) bond motifs is 3. The molecule has 0 unspecified atom stereocenters. The Hall–Kier alpha value is -3.60. The van der Waals surface area contributed by atoms with Crippen LogP contribution >= 0.6 is 23.1 Å². The normalized spacial score (nSPS) is 11.9. The quantitative estimate of drug-likeness (QED) is 0.314. The number of aromatic nitrogens is 1. The van der Waals surface area contributed by atoms with E-state index in [0.717, 1.165) is 50.9 Å². The summed E-state index contributed by atoms with van der Waals surface area (Å²) in [5.74, 6) is 0.434. The maximum atomic E-state index is 10.9. The van der Waals surface area contributed by atoms with Gasteiger partial charge in [0.25, 0.3) is 0 Å². The monoisotopic (exact) mass is 484 g/mol. The molecule has 0 fully saturated rings. The van der Waals surface area contributed by atoms with Crippen LogP contribution in [-0.2, 0) is 23.4 Å². The first-order valence-electron chi connectivity index (χ1n) is 10.8. The molecule has 1 heterocycles. The maximum Gasteiger partial charge on any atom is 0.341 e. The van der Waals surface area contributed by atoms with Crippen molar-refractivity contribution in [3.8, 4) is 34.2 Å². The van der Waals surface area contributed by atoms with Gasteiger partial charge in [-0.1, -0.05) is 60.3 Å². The molecule has 0 amide bonds. The lowest BCUT2D eigenvalue weighted by molar-refractivity contribution is -0.139. The van der Waals surface area contributed by atoms with Gasteiger partial charge >= 0.3 is 5.97 Å². The molecular weight excluding hydrogens is 464 g/mol. The fourth-order valence-electron chi connectivity index (χ4n) is 4.12. The average Bonchev–Trinajstić information content (AvgIpc) is 3.30. The largest absolute Gasteiger partial charge is 0.482 e. The van der Waals surface area contributed by atoms with E-state index >= 15 is 0 Å². The molecule has 0 radical (unpaired) electrons. The molecule has 1 N–H and O–H groups in total. The van der Waals surface area contributed by atoms with Gasteiger partial charge in [-0.15, -0.1) is 11.3 Å². The Morgan fingerprint density at radius 3 is 2.65 bits per heavy atom. The van der Waals surface area contributed by atoms with Crippen molar-refractivity contribution in [3.05, 3.63) is 88.3 Å². The van der Waals surface area contributed by atoms with E-state index in [1.165, 1.54) is 10.4 Å². The van der Waals surface area contributed by atoms with Gasteiger partial charge in [0, 0.05) is 21.8 Å². The molecule has 0 bridgehead atoms. The van der Waals surface area contributed by atoms with Crippen molar-refractivity contribution in [1.82, 2.24) is 4.98 Å². The Bertz CT molecular complexity index is 1400. The molecule has 0 atom stereocenters. The summed E-state index contributed by atoms with van der Waals surface area (Å²) < 4.78 is 6.53. The van der Waals surface area contributed by atoms with Crippen molar-refractivity contribution >= 4 is 29.1 Å². The van der Waals surface area contributed by atoms with E-state index in [1.807, 2.05) is 54.6 Å². The van der Waals surface area contributed by atoms with Crippen LogP contribution in [0.2, 0.25) is 0 Å². The van der Waals surface area contributed by atoms with Crippen LogP contribution in [0.3, 0.4) is 0 Å². The Kier molecular flexibility index (Phi) is 6.35. The molecule has 5 rings (SSSR count). The predicted molar refractivity (Wildman–Crippen MR) is 134 cm³/mol. The molecule has 0 saturated heterocycles. The fraction of sp³-hybridized carbons (Fsp3) is 0.148. The number of carbonyl (C=O) groups is 1. The van der Waals surface area contributed by atoms with Crippen LogP contribution in [-0.4, -0.2) is 22.7 Å². The van der Waals surface area contributed by atoms with Crippen LogP contribution in [0.25, 0.3) is 22.4 Å². The third-order valence-corrected chi connectivity index (χ3v) is 8.02. The third-order valence-electron chi connectivity index (χ3n) is 5.71. The number of carboxylic acid groups (broad SMARTS) is 1. The first-order chi connectivity index (χ1) is 16.6. The van der Waals surface area contributed by atoms with Crippen molar-refractivity contribution in [1.29, 1.82) is 5.26 Å². The first kappa shape index (κ1) is 22.2. The second-order valence-corrected chi connectivity index (χ2v) is 10.2. The second kappa shape index (κ2) is 9.72. The average molecular weight is 485 g/mol. The zero-order valence-electron chi connectivity index (χ0n) is 18.2. The molecule has 5 nitrogen and oxygen atoms in total. The zero-order chi connectivity index (χ0) is 23.5. The van der Waals surface area contributed by atoms with E-state index in [-0.39, 0.29) is 6.61 Å². The summed E-state index contributed by atoms with van der Waals surface area (Å²) >= 11 is 3.45.